The number of carbonyl (C=O) groups excluding carboxylic acids is 3. The molecule has 0 saturated carbocycles. The lowest BCUT2D eigenvalue weighted by Crippen LogP contribution is -2.57. The zero-order valence-electron chi connectivity index (χ0n) is 19.0. The normalized spacial score (nSPS) is 32.8. The zero-order valence-corrected chi connectivity index (χ0v) is 20.6. The summed E-state index contributed by atoms with van der Waals surface area (Å²) >= 11 is 3.64. The monoisotopic (exact) mass is 514 g/mol. The van der Waals surface area contributed by atoms with Crippen LogP contribution in [0.2, 0.25) is 0 Å². The molecule has 180 valence electrons. The Hall–Kier alpha value is -1.45. The first-order valence-corrected chi connectivity index (χ1v) is 12.6. The molecule has 0 aromatic carbocycles. The third-order valence-electron chi connectivity index (χ3n) is 6.83. The largest absolute Gasteiger partial charge is 0.466 e. The average Bonchev–Trinajstić information content (AvgIpc) is 3.35. The van der Waals surface area contributed by atoms with Crippen molar-refractivity contribution in [1.29, 1.82) is 0 Å². The van der Waals surface area contributed by atoms with E-state index in [9.17, 15) is 19.5 Å². The molecule has 9 heteroatoms. The SMILES string of the molecule is C=CCN(CCCC)C(=O)C1N(CCCCO)C(=O)[C@@H]2[C@H](C(=O)OCC)[C@H]3OC12CC3Br. The van der Waals surface area contributed by atoms with Gasteiger partial charge in [0.2, 0.25) is 11.8 Å². The Bertz CT molecular complexity index is 733. The smallest absolute Gasteiger partial charge is 0.312 e. The van der Waals surface area contributed by atoms with Crippen LogP contribution in [0, 0.1) is 11.8 Å². The van der Waals surface area contributed by atoms with Gasteiger partial charge in [-0.05, 0) is 32.6 Å². The number of fused-ring (bicyclic) bond motifs is 1. The van der Waals surface area contributed by atoms with E-state index in [1.54, 1.807) is 22.8 Å². The van der Waals surface area contributed by atoms with E-state index >= 15 is 0 Å². The Kier molecular flexibility index (Phi) is 8.38. The van der Waals surface area contributed by atoms with E-state index in [4.69, 9.17) is 9.47 Å². The molecule has 3 fully saturated rings. The van der Waals surface area contributed by atoms with Crippen LogP contribution in [0.1, 0.15) is 46.0 Å². The number of halogens is 1. The number of aliphatic hydroxyl groups excluding tert-OH is 1. The molecule has 1 spiro atoms. The van der Waals surface area contributed by atoms with Crippen molar-refractivity contribution in [2.75, 3.05) is 32.8 Å². The van der Waals surface area contributed by atoms with Crippen molar-refractivity contribution in [3.8, 4) is 0 Å². The summed E-state index contributed by atoms with van der Waals surface area (Å²) in [5, 5.41) is 9.23. The van der Waals surface area contributed by atoms with Crippen LogP contribution in [0.3, 0.4) is 0 Å². The summed E-state index contributed by atoms with van der Waals surface area (Å²) in [7, 11) is 0. The maximum absolute atomic E-state index is 13.9. The predicted molar refractivity (Wildman–Crippen MR) is 122 cm³/mol. The van der Waals surface area contributed by atoms with Gasteiger partial charge in [-0.2, -0.15) is 0 Å². The number of carbonyl (C=O) groups is 3. The van der Waals surface area contributed by atoms with E-state index < -0.39 is 35.6 Å². The molecule has 3 aliphatic rings. The molecule has 6 atom stereocenters. The molecular formula is C23H35BrN2O6. The average molecular weight is 515 g/mol. The van der Waals surface area contributed by atoms with Crippen molar-refractivity contribution in [1.82, 2.24) is 9.80 Å². The fourth-order valence-electron chi connectivity index (χ4n) is 5.52. The molecule has 0 aromatic rings. The molecule has 2 bridgehead atoms. The van der Waals surface area contributed by atoms with Gasteiger partial charge in [0.15, 0.2) is 0 Å². The maximum atomic E-state index is 13.9. The highest BCUT2D eigenvalue weighted by Gasteiger charge is 2.76. The van der Waals surface area contributed by atoms with Crippen molar-refractivity contribution in [2.24, 2.45) is 11.8 Å². The van der Waals surface area contributed by atoms with Gasteiger partial charge in [-0.1, -0.05) is 35.4 Å². The summed E-state index contributed by atoms with van der Waals surface area (Å²) in [6, 6.07) is -0.806. The second-order valence-corrected chi connectivity index (χ2v) is 9.98. The molecular weight excluding hydrogens is 480 g/mol. The molecule has 32 heavy (non-hydrogen) atoms. The maximum Gasteiger partial charge on any atom is 0.312 e. The van der Waals surface area contributed by atoms with Crippen molar-refractivity contribution in [3.05, 3.63) is 12.7 Å². The van der Waals surface area contributed by atoms with Crippen LogP contribution in [-0.4, -0.2) is 88.1 Å². The molecule has 3 rings (SSSR count). The topological polar surface area (TPSA) is 96.4 Å². The van der Waals surface area contributed by atoms with E-state index in [1.807, 2.05) is 0 Å². The van der Waals surface area contributed by atoms with Crippen LogP contribution >= 0.6 is 15.9 Å². The molecule has 0 aromatic heterocycles. The molecule has 3 unspecified atom stereocenters. The highest BCUT2D eigenvalue weighted by Crippen LogP contribution is 2.60. The fraction of sp³-hybridized carbons (Fsp3) is 0.783. The van der Waals surface area contributed by atoms with Gasteiger partial charge in [0.05, 0.1) is 24.5 Å². The lowest BCUT2D eigenvalue weighted by molar-refractivity contribution is -0.154. The number of alkyl halides is 1. The van der Waals surface area contributed by atoms with Gasteiger partial charge in [0.25, 0.3) is 0 Å². The minimum Gasteiger partial charge on any atom is -0.466 e. The number of rotatable bonds is 12. The summed E-state index contributed by atoms with van der Waals surface area (Å²) in [6.07, 6.45) is 4.55. The van der Waals surface area contributed by atoms with Crippen LogP contribution in [0.25, 0.3) is 0 Å². The molecule has 1 N–H and O–H groups in total. The molecule has 2 amide bonds. The third-order valence-corrected chi connectivity index (χ3v) is 7.68. The highest BCUT2D eigenvalue weighted by molar-refractivity contribution is 9.09. The van der Waals surface area contributed by atoms with Crippen LogP contribution in [-0.2, 0) is 23.9 Å². The molecule has 3 heterocycles. The van der Waals surface area contributed by atoms with E-state index in [1.165, 1.54) is 0 Å². The molecule has 3 saturated heterocycles. The Morgan fingerprint density at radius 3 is 2.75 bits per heavy atom. The Labute approximate surface area is 198 Å². The van der Waals surface area contributed by atoms with E-state index in [-0.39, 0.29) is 29.9 Å². The number of amides is 2. The van der Waals surface area contributed by atoms with Gasteiger partial charge >= 0.3 is 5.97 Å². The van der Waals surface area contributed by atoms with Crippen molar-refractivity contribution < 1.29 is 29.0 Å². The third kappa shape index (κ3) is 4.23. The van der Waals surface area contributed by atoms with Gasteiger partial charge in [-0.3, -0.25) is 14.4 Å². The number of hydrogen-bond donors (Lipinski definition) is 1. The highest BCUT2D eigenvalue weighted by atomic mass is 79.9. The van der Waals surface area contributed by atoms with Gasteiger partial charge in [-0.15, -0.1) is 6.58 Å². The summed E-state index contributed by atoms with van der Waals surface area (Å²) in [5.41, 5.74) is -1.06. The summed E-state index contributed by atoms with van der Waals surface area (Å²) in [6.45, 7) is 9.11. The van der Waals surface area contributed by atoms with Crippen LogP contribution < -0.4 is 0 Å². The molecule has 0 aliphatic carbocycles. The fourth-order valence-corrected chi connectivity index (χ4v) is 6.46. The van der Waals surface area contributed by atoms with Gasteiger partial charge < -0.3 is 24.4 Å². The van der Waals surface area contributed by atoms with Crippen molar-refractivity contribution >= 4 is 33.7 Å². The quantitative estimate of drug-likeness (QED) is 0.185. The molecule has 0 radical (unpaired) electrons. The van der Waals surface area contributed by atoms with E-state index in [2.05, 4.69) is 29.4 Å². The summed E-state index contributed by atoms with van der Waals surface area (Å²) in [4.78, 5) is 43.6. The minimum atomic E-state index is -1.06. The number of unbranched alkanes of at least 4 members (excludes halogenated alkanes) is 2. The number of likely N-dealkylation sites (tertiary alicyclic amines) is 1. The van der Waals surface area contributed by atoms with E-state index in [0.29, 0.717) is 38.9 Å². The van der Waals surface area contributed by atoms with Crippen molar-refractivity contribution in [2.45, 2.75) is 68.5 Å². The van der Waals surface area contributed by atoms with Crippen LogP contribution in [0.4, 0.5) is 0 Å². The standard InChI is InChI=1S/C23H35BrN2O6/c1-4-7-11-25(10-5-2)21(29)19-23-14-15(24)18(32-23)16(22(30)31-6-3)17(23)20(28)26(19)12-8-9-13-27/h5,15-19,27H,2,4,6-14H2,1,3H3/t15?,16-,17-,18-,19?,23?/m0/s1. The Morgan fingerprint density at radius 2 is 2.12 bits per heavy atom. The molecule has 3 aliphatic heterocycles. The predicted octanol–water partition coefficient (Wildman–Crippen LogP) is 1.88. The second kappa shape index (κ2) is 10.7. The van der Waals surface area contributed by atoms with Gasteiger partial charge in [-0.25, -0.2) is 0 Å². The van der Waals surface area contributed by atoms with E-state index in [0.717, 1.165) is 12.8 Å². The lowest BCUT2D eigenvalue weighted by atomic mass is 9.70. The van der Waals surface area contributed by atoms with Crippen LogP contribution in [0.5, 0.6) is 0 Å². The first-order valence-electron chi connectivity index (χ1n) is 11.7. The minimum absolute atomic E-state index is 0.0157. The Morgan fingerprint density at radius 1 is 1.38 bits per heavy atom. The first-order chi connectivity index (χ1) is 15.4. The number of ether oxygens (including phenoxy) is 2. The Balaban J connectivity index is 2.00. The number of hydrogen-bond acceptors (Lipinski definition) is 6. The number of aliphatic hydroxyl groups is 1. The summed E-state index contributed by atoms with van der Waals surface area (Å²) < 4.78 is 11.7. The first kappa shape index (κ1) is 25.2. The molecule has 8 nitrogen and oxygen atoms in total. The lowest BCUT2D eigenvalue weighted by Gasteiger charge is -2.37. The number of esters is 1. The van der Waals surface area contributed by atoms with Crippen LogP contribution in [0.15, 0.2) is 12.7 Å². The number of nitrogens with zero attached hydrogens (tertiary/aromatic N) is 2. The zero-order chi connectivity index (χ0) is 23.5. The van der Waals surface area contributed by atoms with Gasteiger partial charge in [0, 0.05) is 31.1 Å². The summed E-state index contributed by atoms with van der Waals surface area (Å²) in [5.74, 6) is -2.31. The van der Waals surface area contributed by atoms with Gasteiger partial charge in [0.1, 0.15) is 11.6 Å². The second-order valence-electron chi connectivity index (χ2n) is 8.80. The van der Waals surface area contributed by atoms with Crippen molar-refractivity contribution in [3.63, 3.8) is 0 Å².